The molecule has 3 rings (SSSR count). The Morgan fingerprint density at radius 1 is 1.33 bits per heavy atom. The second-order valence-electron chi connectivity index (χ2n) is 4.72. The highest BCUT2D eigenvalue weighted by Crippen LogP contribution is 2.31. The minimum atomic E-state index is 0.271. The topological polar surface area (TPSA) is 51.4 Å². The van der Waals surface area contributed by atoms with E-state index in [0.29, 0.717) is 0 Å². The summed E-state index contributed by atoms with van der Waals surface area (Å²) in [5, 5.41) is 2.19. The van der Waals surface area contributed by atoms with Gasteiger partial charge in [-0.2, -0.15) is 0 Å². The Morgan fingerprint density at radius 3 is 3.06 bits per heavy atom. The molecule has 0 radical (unpaired) electrons. The van der Waals surface area contributed by atoms with Crippen LogP contribution in [0.25, 0.3) is 10.8 Å². The third-order valence-electron chi connectivity index (χ3n) is 3.41. The molecule has 1 aromatic heterocycles. The fraction of sp³-hybridized carbons (Fsp3) is 0.357. The van der Waals surface area contributed by atoms with Crippen LogP contribution in [0.15, 0.2) is 30.6 Å². The lowest BCUT2D eigenvalue weighted by Gasteiger charge is -2.33. The van der Waals surface area contributed by atoms with E-state index in [1.165, 1.54) is 11.1 Å². The number of ether oxygens (including phenoxy) is 1. The van der Waals surface area contributed by atoms with E-state index in [9.17, 15) is 0 Å². The molecule has 18 heavy (non-hydrogen) atoms. The van der Waals surface area contributed by atoms with Crippen LogP contribution < -0.4 is 10.6 Å². The van der Waals surface area contributed by atoms with Crippen molar-refractivity contribution in [3.63, 3.8) is 0 Å². The van der Waals surface area contributed by atoms with Gasteiger partial charge in [-0.15, -0.1) is 0 Å². The predicted molar refractivity (Wildman–Crippen MR) is 73.8 cm³/mol. The molecular weight excluding hydrogens is 226 g/mol. The van der Waals surface area contributed by atoms with E-state index in [4.69, 9.17) is 10.5 Å². The summed E-state index contributed by atoms with van der Waals surface area (Å²) >= 11 is 0. The molecule has 1 saturated heterocycles. The average molecular weight is 243 g/mol. The molecule has 4 nitrogen and oxygen atoms in total. The number of aromatic nitrogens is 1. The molecule has 1 fully saturated rings. The third-order valence-corrected chi connectivity index (χ3v) is 3.41. The van der Waals surface area contributed by atoms with Crippen LogP contribution in [0.3, 0.4) is 0 Å². The number of anilines is 2. The Kier molecular flexibility index (Phi) is 2.80. The SMILES string of the molecule is CC1CN(c2ccc(N)c3cnccc23)CCO1. The standard InChI is InChI=1S/C14H17N3O/c1-10-9-17(6-7-18-10)14-3-2-13(15)12-8-16-5-4-11(12)14/h2-5,8,10H,6-7,9,15H2,1H3. The number of rotatable bonds is 1. The molecule has 1 aliphatic heterocycles. The van der Waals surface area contributed by atoms with E-state index >= 15 is 0 Å². The molecule has 0 aliphatic carbocycles. The van der Waals surface area contributed by atoms with Gasteiger partial charge in [-0.3, -0.25) is 4.98 Å². The molecule has 2 heterocycles. The van der Waals surface area contributed by atoms with Crippen LogP contribution in [0, 0.1) is 0 Å². The Bertz CT molecular complexity index is 570. The van der Waals surface area contributed by atoms with E-state index in [1.807, 2.05) is 24.5 Å². The minimum Gasteiger partial charge on any atom is -0.398 e. The molecule has 2 aromatic rings. The number of nitrogens with two attached hydrogens (primary N) is 1. The Balaban J connectivity index is 2.09. The summed E-state index contributed by atoms with van der Waals surface area (Å²) in [5.74, 6) is 0. The van der Waals surface area contributed by atoms with Gasteiger partial charge in [-0.1, -0.05) is 0 Å². The first-order chi connectivity index (χ1) is 8.75. The molecule has 1 aromatic carbocycles. The Hall–Kier alpha value is -1.81. The molecule has 1 unspecified atom stereocenters. The maximum Gasteiger partial charge on any atom is 0.0722 e. The van der Waals surface area contributed by atoms with Crippen molar-refractivity contribution < 1.29 is 4.74 Å². The summed E-state index contributed by atoms with van der Waals surface area (Å²) in [6.07, 6.45) is 3.92. The van der Waals surface area contributed by atoms with Gasteiger partial charge in [0.15, 0.2) is 0 Å². The number of hydrogen-bond donors (Lipinski definition) is 1. The van der Waals surface area contributed by atoms with Crippen LogP contribution in [-0.4, -0.2) is 30.8 Å². The van der Waals surface area contributed by atoms with Gasteiger partial charge in [0.1, 0.15) is 0 Å². The molecule has 1 atom stereocenters. The van der Waals surface area contributed by atoms with Crippen LogP contribution in [0.1, 0.15) is 6.92 Å². The number of nitrogen functional groups attached to an aromatic ring is 1. The summed E-state index contributed by atoms with van der Waals surface area (Å²) in [4.78, 5) is 6.51. The molecule has 2 N–H and O–H groups in total. The van der Waals surface area contributed by atoms with Crippen molar-refractivity contribution in [2.45, 2.75) is 13.0 Å². The number of fused-ring (bicyclic) bond motifs is 1. The predicted octanol–water partition coefficient (Wildman–Crippen LogP) is 2.04. The quantitative estimate of drug-likeness (QED) is 0.779. The minimum absolute atomic E-state index is 0.271. The van der Waals surface area contributed by atoms with Crippen LogP contribution >= 0.6 is 0 Å². The van der Waals surface area contributed by atoms with Crippen molar-refractivity contribution in [3.8, 4) is 0 Å². The maximum atomic E-state index is 6.00. The Morgan fingerprint density at radius 2 is 2.22 bits per heavy atom. The van der Waals surface area contributed by atoms with Gasteiger partial charge < -0.3 is 15.4 Å². The first kappa shape index (κ1) is 11.3. The molecule has 0 amide bonds. The van der Waals surface area contributed by atoms with Gasteiger partial charge in [0, 0.05) is 47.6 Å². The lowest BCUT2D eigenvalue weighted by molar-refractivity contribution is 0.0533. The normalized spacial score (nSPS) is 20.3. The highest BCUT2D eigenvalue weighted by atomic mass is 16.5. The number of nitrogens with zero attached hydrogens (tertiary/aromatic N) is 2. The van der Waals surface area contributed by atoms with Gasteiger partial charge >= 0.3 is 0 Å². The van der Waals surface area contributed by atoms with Crippen molar-refractivity contribution in [1.82, 2.24) is 4.98 Å². The van der Waals surface area contributed by atoms with Crippen molar-refractivity contribution >= 4 is 22.1 Å². The fourth-order valence-electron chi connectivity index (χ4n) is 2.51. The van der Waals surface area contributed by atoms with E-state index in [0.717, 1.165) is 30.8 Å². The molecule has 1 aliphatic rings. The molecule has 0 bridgehead atoms. The molecule has 94 valence electrons. The number of benzene rings is 1. The van der Waals surface area contributed by atoms with Crippen molar-refractivity contribution in [2.24, 2.45) is 0 Å². The zero-order valence-corrected chi connectivity index (χ0v) is 10.5. The average Bonchev–Trinajstić information content (AvgIpc) is 2.39. The number of hydrogen-bond acceptors (Lipinski definition) is 4. The van der Waals surface area contributed by atoms with E-state index < -0.39 is 0 Å². The van der Waals surface area contributed by atoms with E-state index in [2.05, 4.69) is 22.9 Å². The van der Waals surface area contributed by atoms with Crippen molar-refractivity contribution in [2.75, 3.05) is 30.3 Å². The summed E-state index contributed by atoms with van der Waals surface area (Å²) in [5.41, 5.74) is 8.00. The summed E-state index contributed by atoms with van der Waals surface area (Å²) < 4.78 is 5.59. The van der Waals surface area contributed by atoms with Gasteiger partial charge in [-0.05, 0) is 25.1 Å². The second-order valence-corrected chi connectivity index (χ2v) is 4.72. The van der Waals surface area contributed by atoms with Gasteiger partial charge in [0.05, 0.1) is 12.7 Å². The molecule has 0 saturated carbocycles. The maximum absolute atomic E-state index is 6.00. The highest BCUT2D eigenvalue weighted by Gasteiger charge is 2.18. The highest BCUT2D eigenvalue weighted by molar-refractivity contribution is 6.00. The first-order valence-corrected chi connectivity index (χ1v) is 6.24. The van der Waals surface area contributed by atoms with Crippen LogP contribution in [0.5, 0.6) is 0 Å². The third kappa shape index (κ3) is 1.88. The van der Waals surface area contributed by atoms with E-state index in [1.54, 1.807) is 0 Å². The number of pyridine rings is 1. The zero-order valence-electron chi connectivity index (χ0n) is 10.5. The van der Waals surface area contributed by atoms with Crippen LogP contribution in [0.4, 0.5) is 11.4 Å². The zero-order chi connectivity index (χ0) is 12.5. The summed E-state index contributed by atoms with van der Waals surface area (Å²) in [6.45, 7) is 4.72. The fourth-order valence-corrected chi connectivity index (χ4v) is 2.51. The molecule has 0 spiro atoms. The molecular formula is C14H17N3O. The van der Waals surface area contributed by atoms with E-state index in [-0.39, 0.29) is 6.10 Å². The second kappa shape index (κ2) is 4.46. The Labute approximate surface area is 106 Å². The summed E-state index contributed by atoms with van der Waals surface area (Å²) in [7, 11) is 0. The lowest BCUT2D eigenvalue weighted by atomic mass is 10.1. The smallest absolute Gasteiger partial charge is 0.0722 e. The van der Waals surface area contributed by atoms with Gasteiger partial charge in [0.25, 0.3) is 0 Å². The van der Waals surface area contributed by atoms with Crippen molar-refractivity contribution in [1.29, 1.82) is 0 Å². The molecule has 4 heteroatoms. The van der Waals surface area contributed by atoms with Crippen LogP contribution in [-0.2, 0) is 4.74 Å². The summed E-state index contributed by atoms with van der Waals surface area (Å²) in [6, 6.07) is 6.08. The van der Waals surface area contributed by atoms with Crippen LogP contribution in [0.2, 0.25) is 0 Å². The lowest BCUT2D eigenvalue weighted by Crippen LogP contribution is -2.41. The van der Waals surface area contributed by atoms with Gasteiger partial charge in [-0.25, -0.2) is 0 Å². The first-order valence-electron chi connectivity index (χ1n) is 6.24. The van der Waals surface area contributed by atoms with Gasteiger partial charge in [0.2, 0.25) is 0 Å². The monoisotopic (exact) mass is 243 g/mol. The van der Waals surface area contributed by atoms with Crippen molar-refractivity contribution in [3.05, 3.63) is 30.6 Å². The largest absolute Gasteiger partial charge is 0.398 e. The number of morpholine rings is 1.